The van der Waals surface area contributed by atoms with Gasteiger partial charge in [-0.3, -0.25) is 0 Å². The lowest BCUT2D eigenvalue weighted by molar-refractivity contribution is 0.302. The highest BCUT2D eigenvalue weighted by Gasteiger charge is 2.23. The molecule has 0 saturated carbocycles. The first-order valence-electron chi connectivity index (χ1n) is 12.4. The predicted octanol–water partition coefficient (Wildman–Crippen LogP) is 5.43. The number of likely N-dealkylation sites (N-methyl/N-ethyl adjacent to an activating group) is 2. The lowest BCUT2D eigenvalue weighted by Crippen LogP contribution is -2.26. The minimum atomic E-state index is 0.130. The monoisotopic (exact) mass is 460 g/mol. The third-order valence-corrected chi connectivity index (χ3v) is 6.86. The first kappa shape index (κ1) is 25.8. The van der Waals surface area contributed by atoms with Crippen molar-refractivity contribution in [2.75, 3.05) is 49.2 Å². The Morgan fingerprint density at radius 2 is 1.06 bits per heavy atom. The highest BCUT2D eigenvalue weighted by molar-refractivity contribution is 5.59. The normalized spacial score (nSPS) is 11.2. The highest BCUT2D eigenvalue weighted by Crippen LogP contribution is 2.39. The Balaban J connectivity index is 2.13. The van der Waals surface area contributed by atoms with E-state index in [1.165, 1.54) is 33.4 Å². The molecule has 0 aromatic heterocycles. The number of anilines is 2. The molecule has 3 rings (SSSR count). The number of hydrogen-bond donors (Lipinski definition) is 2. The van der Waals surface area contributed by atoms with Crippen LogP contribution in [0.4, 0.5) is 11.4 Å². The molecule has 3 aromatic rings. The summed E-state index contributed by atoms with van der Waals surface area (Å²) in [5.74, 6) is 0.130. The molecule has 0 heterocycles. The van der Waals surface area contributed by atoms with Gasteiger partial charge in [-0.2, -0.15) is 0 Å². The van der Waals surface area contributed by atoms with Crippen molar-refractivity contribution in [2.45, 2.75) is 40.5 Å². The lowest BCUT2D eigenvalue weighted by atomic mass is 9.79. The zero-order chi connectivity index (χ0) is 24.7. The maximum atomic E-state index is 9.45. The van der Waals surface area contributed by atoms with Gasteiger partial charge >= 0.3 is 0 Å². The molecule has 0 unspecified atom stereocenters. The summed E-state index contributed by atoms with van der Waals surface area (Å²) < 4.78 is 0. The third kappa shape index (κ3) is 5.63. The van der Waals surface area contributed by atoms with Crippen molar-refractivity contribution in [3.05, 3.63) is 94.0 Å². The van der Waals surface area contributed by atoms with Gasteiger partial charge in [0.15, 0.2) is 0 Å². The first-order valence-corrected chi connectivity index (χ1v) is 12.4. The average Bonchev–Trinajstić information content (AvgIpc) is 2.84. The van der Waals surface area contributed by atoms with Crippen LogP contribution in [0.5, 0.6) is 0 Å². The lowest BCUT2D eigenvalue weighted by Gasteiger charge is -2.28. The number of rotatable bonds is 11. The molecule has 182 valence electrons. The number of aliphatic hydroxyl groups is 2. The number of hydrogen-bond acceptors (Lipinski definition) is 4. The van der Waals surface area contributed by atoms with Crippen molar-refractivity contribution in [1.29, 1.82) is 0 Å². The van der Waals surface area contributed by atoms with Gasteiger partial charge in [0.25, 0.3) is 0 Å². The molecule has 0 saturated heterocycles. The SMILES string of the molecule is CCN(CCO)c1ccc(C(c2ccccc2C)c2ccc(N(CC)CCO)cc2C)c(C)c1. The minimum absolute atomic E-state index is 0.130. The van der Waals surface area contributed by atoms with Crippen LogP contribution in [0.2, 0.25) is 0 Å². The Labute approximate surface area is 205 Å². The first-order chi connectivity index (χ1) is 16.4. The van der Waals surface area contributed by atoms with Gasteiger partial charge in [-0.15, -0.1) is 0 Å². The van der Waals surface area contributed by atoms with E-state index in [-0.39, 0.29) is 19.1 Å². The molecule has 3 aromatic carbocycles. The molecule has 0 atom stereocenters. The van der Waals surface area contributed by atoms with Gasteiger partial charge < -0.3 is 20.0 Å². The Hall–Kier alpha value is -2.82. The fourth-order valence-electron chi connectivity index (χ4n) is 4.96. The smallest absolute Gasteiger partial charge is 0.0606 e. The van der Waals surface area contributed by atoms with Gasteiger partial charge in [0.2, 0.25) is 0 Å². The van der Waals surface area contributed by atoms with E-state index in [9.17, 15) is 10.2 Å². The van der Waals surface area contributed by atoms with Crippen LogP contribution in [-0.2, 0) is 0 Å². The van der Waals surface area contributed by atoms with E-state index >= 15 is 0 Å². The van der Waals surface area contributed by atoms with Gasteiger partial charge in [-0.05, 0) is 92.3 Å². The summed E-state index contributed by atoms with van der Waals surface area (Å²) >= 11 is 0. The maximum absolute atomic E-state index is 9.45. The van der Waals surface area contributed by atoms with Gasteiger partial charge in [-0.25, -0.2) is 0 Å². The van der Waals surface area contributed by atoms with Crippen molar-refractivity contribution in [3.8, 4) is 0 Å². The summed E-state index contributed by atoms with van der Waals surface area (Å²) in [6, 6.07) is 22.1. The summed E-state index contributed by atoms with van der Waals surface area (Å²) in [6.45, 7) is 14.1. The summed E-state index contributed by atoms with van der Waals surface area (Å²) in [5, 5.41) is 18.9. The molecular formula is C30H40N2O2. The predicted molar refractivity (Wildman–Crippen MR) is 144 cm³/mol. The Morgan fingerprint density at radius 1 is 0.618 bits per heavy atom. The van der Waals surface area contributed by atoms with Crippen LogP contribution < -0.4 is 9.80 Å². The van der Waals surface area contributed by atoms with Gasteiger partial charge in [0.05, 0.1) is 13.2 Å². The van der Waals surface area contributed by atoms with Gasteiger partial charge in [0, 0.05) is 43.5 Å². The van der Waals surface area contributed by atoms with E-state index in [1.54, 1.807) is 0 Å². The van der Waals surface area contributed by atoms with Crippen LogP contribution in [-0.4, -0.2) is 49.6 Å². The van der Waals surface area contributed by atoms with Gasteiger partial charge in [0.1, 0.15) is 0 Å². The van der Waals surface area contributed by atoms with E-state index in [0.717, 1.165) is 24.5 Å². The molecule has 0 aliphatic carbocycles. The largest absolute Gasteiger partial charge is 0.395 e. The van der Waals surface area contributed by atoms with Crippen LogP contribution in [0.3, 0.4) is 0 Å². The fourth-order valence-corrected chi connectivity index (χ4v) is 4.96. The van der Waals surface area contributed by atoms with Crippen molar-refractivity contribution < 1.29 is 10.2 Å². The molecule has 34 heavy (non-hydrogen) atoms. The molecule has 0 amide bonds. The Bertz CT molecular complexity index is 1020. The molecule has 4 heteroatoms. The Kier molecular flexibility index (Phi) is 9.14. The second kappa shape index (κ2) is 12.0. The van der Waals surface area contributed by atoms with Crippen LogP contribution in [0.25, 0.3) is 0 Å². The fraction of sp³-hybridized carbons (Fsp3) is 0.400. The molecule has 0 spiro atoms. The van der Waals surface area contributed by atoms with E-state index in [1.807, 2.05) is 0 Å². The summed E-state index contributed by atoms with van der Waals surface area (Å²) in [7, 11) is 0. The van der Waals surface area contributed by atoms with Crippen LogP contribution >= 0.6 is 0 Å². The molecule has 2 N–H and O–H groups in total. The summed E-state index contributed by atoms with van der Waals surface area (Å²) in [5.41, 5.74) is 10.0. The molecular weight excluding hydrogens is 420 g/mol. The molecule has 0 bridgehead atoms. The van der Waals surface area contributed by atoms with E-state index in [4.69, 9.17) is 0 Å². The van der Waals surface area contributed by atoms with Crippen molar-refractivity contribution in [1.82, 2.24) is 0 Å². The molecule has 0 aliphatic rings. The zero-order valence-corrected chi connectivity index (χ0v) is 21.4. The van der Waals surface area contributed by atoms with Crippen molar-refractivity contribution in [3.63, 3.8) is 0 Å². The molecule has 0 radical (unpaired) electrons. The number of aliphatic hydroxyl groups excluding tert-OH is 2. The number of benzene rings is 3. The third-order valence-electron chi connectivity index (χ3n) is 6.86. The van der Waals surface area contributed by atoms with E-state index in [2.05, 4.69) is 105 Å². The van der Waals surface area contributed by atoms with Crippen LogP contribution in [0.1, 0.15) is 53.1 Å². The minimum Gasteiger partial charge on any atom is -0.395 e. The Morgan fingerprint density at radius 3 is 1.44 bits per heavy atom. The van der Waals surface area contributed by atoms with E-state index in [0.29, 0.717) is 13.1 Å². The number of nitrogens with zero attached hydrogens (tertiary/aromatic N) is 2. The molecule has 4 nitrogen and oxygen atoms in total. The van der Waals surface area contributed by atoms with Crippen molar-refractivity contribution in [2.24, 2.45) is 0 Å². The van der Waals surface area contributed by atoms with Crippen molar-refractivity contribution >= 4 is 11.4 Å². The number of aryl methyl sites for hydroxylation is 3. The summed E-state index contributed by atoms with van der Waals surface area (Å²) in [6.07, 6.45) is 0. The maximum Gasteiger partial charge on any atom is 0.0606 e. The quantitative estimate of drug-likeness (QED) is 0.375. The van der Waals surface area contributed by atoms with Crippen LogP contribution in [0, 0.1) is 20.8 Å². The van der Waals surface area contributed by atoms with Crippen LogP contribution in [0.15, 0.2) is 60.7 Å². The summed E-state index contributed by atoms with van der Waals surface area (Å²) in [4.78, 5) is 4.42. The average molecular weight is 461 g/mol. The highest BCUT2D eigenvalue weighted by atomic mass is 16.3. The molecule has 0 aliphatic heterocycles. The van der Waals surface area contributed by atoms with E-state index < -0.39 is 0 Å². The topological polar surface area (TPSA) is 46.9 Å². The van der Waals surface area contributed by atoms with Gasteiger partial charge in [-0.1, -0.05) is 36.4 Å². The second-order valence-electron chi connectivity index (χ2n) is 8.98. The zero-order valence-electron chi connectivity index (χ0n) is 21.4. The second-order valence-corrected chi connectivity index (χ2v) is 8.98. The standard InChI is InChI=1S/C30H40N2O2/c1-6-31(16-18-33)25-12-14-28(23(4)20-25)30(27-11-9-8-10-22(27)3)29-15-13-26(21-24(29)5)32(7-2)17-19-34/h8-15,20-21,30,33-34H,6-7,16-19H2,1-5H3. The molecule has 0 fully saturated rings.